The van der Waals surface area contributed by atoms with E-state index in [9.17, 15) is 4.79 Å². The lowest BCUT2D eigenvalue weighted by molar-refractivity contribution is -0.138. The number of carboxylic acids is 1. The standard InChI is InChI=1S/C13H18BrNO2/c1-9-4-5-12(14)7-11(9)8-15(3)10(2)6-13(16)17/h4-5,7,10H,6,8H2,1-3H3,(H,16,17). The average Bonchev–Trinajstić information content (AvgIpc) is 2.22. The average molecular weight is 300 g/mol. The van der Waals surface area contributed by atoms with Gasteiger partial charge in [-0.2, -0.15) is 0 Å². The summed E-state index contributed by atoms with van der Waals surface area (Å²) < 4.78 is 1.05. The van der Waals surface area contributed by atoms with Crippen LogP contribution in [0.4, 0.5) is 0 Å². The lowest BCUT2D eigenvalue weighted by atomic mass is 10.1. The summed E-state index contributed by atoms with van der Waals surface area (Å²) in [4.78, 5) is 12.7. The largest absolute Gasteiger partial charge is 0.481 e. The Labute approximate surface area is 111 Å². The van der Waals surface area contributed by atoms with Crippen LogP contribution in [0.5, 0.6) is 0 Å². The number of hydrogen-bond acceptors (Lipinski definition) is 2. The molecule has 0 amide bonds. The van der Waals surface area contributed by atoms with Gasteiger partial charge in [0, 0.05) is 17.1 Å². The third kappa shape index (κ3) is 4.48. The van der Waals surface area contributed by atoms with Gasteiger partial charge in [0.05, 0.1) is 6.42 Å². The molecule has 0 aliphatic carbocycles. The smallest absolute Gasteiger partial charge is 0.304 e. The van der Waals surface area contributed by atoms with E-state index in [2.05, 4.69) is 39.9 Å². The maximum Gasteiger partial charge on any atom is 0.304 e. The fraction of sp³-hybridized carbons (Fsp3) is 0.462. The molecule has 0 saturated carbocycles. The van der Waals surface area contributed by atoms with Crippen molar-refractivity contribution in [2.24, 2.45) is 0 Å². The molecule has 4 heteroatoms. The van der Waals surface area contributed by atoms with Crippen molar-refractivity contribution in [2.75, 3.05) is 7.05 Å². The second-order valence-corrected chi connectivity index (χ2v) is 5.35. The monoisotopic (exact) mass is 299 g/mol. The molecule has 0 aliphatic rings. The minimum atomic E-state index is -0.754. The molecule has 0 saturated heterocycles. The molecule has 3 nitrogen and oxygen atoms in total. The highest BCUT2D eigenvalue weighted by molar-refractivity contribution is 9.10. The van der Waals surface area contributed by atoms with E-state index in [1.807, 2.05) is 20.0 Å². The van der Waals surface area contributed by atoms with Gasteiger partial charge >= 0.3 is 5.97 Å². The fourth-order valence-electron chi connectivity index (χ4n) is 1.64. The van der Waals surface area contributed by atoms with Crippen molar-refractivity contribution in [1.29, 1.82) is 0 Å². The van der Waals surface area contributed by atoms with Crippen molar-refractivity contribution in [2.45, 2.75) is 32.9 Å². The number of hydrogen-bond donors (Lipinski definition) is 1. The summed E-state index contributed by atoms with van der Waals surface area (Å²) in [5.74, 6) is -0.754. The van der Waals surface area contributed by atoms with Crippen LogP contribution in [0.1, 0.15) is 24.5 Å². The Morgan fingerprint density at radius 3 is 2.76 bits per heavy atom. The molecule has 1 aromatic carbocycles. The highest BCUT2D eigenvalue weighted by Crippen LogP contribution is 2.18. The van der Waals surface area contributed by atoms with Gasteiger partial charge in [0.25, 0.3) is 0 Å². The molecule has 0 aromatic heterocycles. The SMILES string of the molecule is Cc1ccc(Br)cc1CN(C)C(C)CC(=O)O. The number of rotatable bonds is 5. The number of aryl methyl sites for hydroxylation is 1. The van der Waals surface area contributed by atoms with Crippen LogP contribution in [0.25, 0.3) is 0 Å². The van der Waals surface area contributed by atoms with Gasteiger partial charge in [0.15, 0.2) is 0 Å². The molecule has 1 N–H and O–H groups in total. The topological polar surface area (TPSA) is 40.5 Å². The summed E-state index contributed by atoms with van der Waals surface area (Å²) in [6.45, 7) is 4.76. The summed E-state index contributed by atoms with van der Waals surface area (Å²) >= 11 is 3.45. The Bertz CT molecular complexity index is 406. The minimum absolute atomic E-state index is 0.0332. The number of benzene rings is 1. The van der Waals surface area contributed by atoms with Gasteiger partial charge < -0.3 is 5.11 Å². The molecule has 0 spiro atoms. The van der Waals surface area contributed by atoms with E-state index in [0.717, 1.165) is 11.0 Å². The zero-order valence-electron chi connectivity index (χ0n) is 10.4. The molecule has 1 aromatic rings. The maximum absolute atomic E-state index is 10.7. The summed E-state index contributed by atoms with van der Waals surface area (Å²) in [6, 6.07) is 6.19. The van der Waals surface area contributed by atoms with E-state index in [-0.39, 0.29) is 12.5 Å². The molecule has 94 valence electrons. The molecule has 1 atom stereocenters. The number of aliphatic carboxylic acids is 1. The lowest BCUT2D eigenvalue weighted by Crippen LogP contribution is -2.30. The molecule has 0 bridgehead atoms. The van der Waals surface area contributed by atoms with Crippen molar-refractivity contribution >= 4 is 21.9 Å². The predicted octanol–water partition coefficient (Wildman–Crippen LogP) is 3.05. The van der Waals surface area contributed by atoms with Crippen molar-refractivity contribution in [1.82, 2.24) is 4.90 Å². The van der Waals surface area contributed by atoms with Crippen LogP contribution in [0, 0.1) is 6.92 Å². The second kappa shape index (κ2) is 6.17. The van der Waals surface area contributed by atoms with Crippen molar-refractivity contribution in [3.05, 3.63) is 33.8 Å². The highest BCUT2D eigenvalue weighted by Gasteiger charge is 2.14. The van der Waals surface area contributed by atoms with Gasteiger partial charge in [-0.15, -0.1) is 0 Å². The van der Waals surface area contributed by atoms with Gasteiger partial charge in [0.2, 0.25) is 0 Å². The predicted molar refractivity (Wildman–Crippen MR) is 72.1 cm³/mol. The molecule has 0 heterocycles. The van der Waals surface area contributed by atoms with Crippen LogP contribution >= 0.6 is 15.9 Å². The van der Waals surface area contributed by atoms with E-state index in [4.69, 9.17) is 5.11 Å². The summed E-state index contributed by atoms with van der Waals surface area (Å²) in [6.07, 6.45) is 0.170. The third-order valence-corrected chi connectivity index (χ3v) is 3.45. The molecule has 0 fully saturated rings. The number of halogens is 1. The number of nitrogens with zero attached hydrogens (tertiary/aromatic N) is 1. The Kier molecular flexibility index (Phi) is 5.15. The Balaban J connectivity index is 2.70. The van der Waals surface area contributed by atoms with Gasteiger partial charge in [-0.1, -0.05) is 22.0 Å². The zero-order chi connectivity index (χ0) is 13.0. The summed E-state index contributed by atoms with van der Waals surface area (Å²) in [7, 11) is 1.95. The van der Waals surface area contributed by atoms with Crippen LogP contribution in [0.15, 0.2) is 22.7 Å². The highest BCUT2D eigenvalue weighted by atomic mass is 79.9. The van der Waals surface area contributed by atoms with Crippen molar-refractivity contribution in [3.63, 3.8) is 0 Å². The molecule has 0 aliphatic heterocycles. The summed E-state index contributed by atoms with van der Waals surface area (Å²) in [5.41, 5.74) is 2.45. The minimum Gasteiger partial charge on any atom is -0.481 e. The first-order chi connectivity index (χ1) is 7.90. The Hall–Kier alpha value is -0.870. The lowest BCUT2D eigenvalue weighted by Gasteiger charge is -2.24. The maximum atomic E-state index is 10.7. The first-order valence-corrected chi connectivity index (χ1v) is 6.36. The zero-order valence-corrected chi connectivity index (χ0v) is 12.0. The van der Waals surface area contributed by atoms with Gasteiger partial charge in [-0.25, -0.2) is 0 Å². The Morgan fingerprint density at radius 2 is 2.18 bits per heavy atom. The van der Waals surface area contributed by atoms with E-state index in [0.29, 0.717) is 0 Å². The van der Waals surface area contributed by atoms with Gasteiger partial charge in [-0.05, 0) is 44.2 Å². The quantitative estimate of drug-likeness (QED) is 0.908. The van der Waals surface area contributed by atoms with E-state index in [1.165, 1.54) is 11.1 Å². The van der Waals surface area contributed by atoms with Crippen molar-refractivity contribution < 1.29 is 9.90 Å². The van der Waals surface area contributed by atoms with E-state index in [1.54, 1.807) is 0 Å². The van der Waals surface area contributed by atoms with Crippen LogP contribution in [-0.2, 0) is 11.3 Å². The van der Waals surface area contributed by atoms with Crippen LogP contribution in [-0.4, -0.2) is 29.1 Å². The van der Waals surface area contributed by atoms with Gasteiger partial charge in [0.1, 0.15) is 0 Å². The van der Waals surface area contributed by atoms with Crippen molar-refractivity contribution in [3.8, 4) is 0 Å². The summed E-state index contributed by atoms with van der Waals surface area (Å²) in [5, 5.41) is 8.76. The third-order valence-electron chi connectivity index (χ3n) is 2.95. The van der Waals surface area contributed by atoms with Crippen LogP contribution in [0.2, 0.25) is 0 Å². The molecule has 17 heavy (non-hydrogen) atoms. The van der Waals surface area contributed by atoms with Crippen LogP contribution < -0.4 is 0 Å². The first kappa shape index (κ1) is 14.2. The van der Waals surface area contributed by atoms with Gasteiger partial charge in [-0.3, -0.25) is 9.69 Å². The number of carbonyl (C=O) groups is 1. The molecular weight excluding hydrogens is 282 g/mol. The first-order valence-electron chi connectivity index (χ1n) is 5.57. The van der Waals surface area contributed by atoms with E-state index >= 15 is 0 Å². The van der Waals surface area contributed by atoms with E-state index < -0.39 is 5.97 Å². The van der Waals surface area contributed by atoms with Crippen LogP contribution in [0.3, 0.4) is 0 Å². The normalized spacial score (nSPS) is 12.8. The fourth-order valence-corrected chi connectivity index (χ4v) is 2.05. The molecular formula is C13H18BrNO2. The Morgan fingerprint density at radius 1 is 1.53 bits per heavy atom. The second-order valence-electron chi connectivity index (χ2n) is 4.43. The molecule has 1 unspecified atom stereocenters. The number of carboxylic acid groups (broad SMARTS) is 1. The molecule has 0 radical (unpaired) electrons. The molecule has 1 rings (SSSR count).